The van der Waals surface area contributed by atoms with Gasteiger partial charge in [-0.3, -0.25) is 9.59 Å². The number of amides is 2. The molecule has 0 radical (unpaired) electrons. The normalized spacial score (nSPS) is 11.6. The van der Waals surface area contributed by atoms with E-state index in [9.17, 15) is 14.0 Å². The summed E-state index contributed by atoms with van der Waals surface area (Å²) in [6, 6.07) is 12.8. The fourth-order valence-electron chi connectivity index (χ4n) is 3.04. The summed E-state index contributed by atoms with van der Waals surface area (Å²) in [7, 11) is 0. The summed E-state index contributed by atoms with van der Waals surface area (Å²) < 4.78 is 15.7. The standard InChI is InChI=1S/C23H24FN5O2S/c1-4-13-29-21(16(3)25-22(31)17-10-6-7-11-18(17)24)27-28-23(29)32-14-20(30)26-19-12-8-5-9-15(19)2/h4-12,16H,1,13-14H2,2-3H3,(H,25,31)(H,26,30)/t16-/m1/s1. The van der Waals surface area contributed by atoms with Gasteiger partial charge in [0.05, 0.1) is 17.4 Å². The second-order valence-corrected chi connectivity index (χ2v) is 8.01. The highest BCUT2D eigenvalue weighted by molar-refractivity contribution is 7.99. The fourth-order valence-corrected chi connectivity index (χ4v) is 3.80. The number of nitrogens with zero attached hydrogens (tertiary/aromatic N) is 3. The van der Waals surface area contributed by atoms with Crippen LogP contribution in [0.25, 0.3) is 0 Å². The van der Waals surface area contributed by atoms with Gasteiger partial charge >= 0.3 is 0 Å². The van der Waals surface area contributed by atoms with Crippen molar-refractivity contribution in [3.8, 4) is 0 Å². The summed E-state index contributed by atoms with van der Waals surface area (Å²) in [4.78, 5) is 24.8. The molecule has 1 heterocycles. The highest BCUT2D eigenvalue weighted by atomic mass is 32.2. The van der Waals surface area contributed by atoms with E-state index in [0.29, 0.717) is 17.5 Å². The van der Waals surface area contributed by atoms with Gasteiger partial charge in [-0.15, -0.1) is 16.8 Å². The molecule has 0 unspecified atom stereocenters. The molecule has 1 aromatic heterocycles. The summed E-state index contributed by atoms with van der Waals surface area (Å²) in [5.74, 6) is -0.688. The highest BCUT2D eigenvalue weighted by Gasteiger charge is 2.21. The van der Waals surface area contributed by atoms with Crippen LogP contribution in [0.5, 0.6) is 0 Å². The van der Waals surface area contributed by atoms with E-state index >= 15 is 0 Å². The lowest BCUT2D eigenvalue weighted by atomic mass is 10.2. The van der Waals surface area contributed by atoms with E-state index in [0.717, 1.165) is 11.3 Å². The van der Waals surface area contributed by atoms with Gasteiger partial charge in [-0.2, -0.15) is 0 Å². The summed E-state index contributed by atoms with van der Waals surface area (Å²) in [6.07, 6.45) is 1.68. The van der Waals surface area contributed by atoms with Gasteiger partial charge in [-0.1, -0.05) is 48.2 Å². The topological polar surface area (TPSA) is 88.9 Å². The number of allylic oxidation sites excluding steroid dienone is 1. The van der Waals surface area contributed by atoms with E-state index in [1.165, 1.54) is 30.0 Å². The Morgan fingerprint density at radius 3 is 2.62 bits per heavy atom. The third-order valence-electron chi connectivity index (χ3n) is 4.66. The molecule has 32 heavy (non-hydrogen) atoms. The van der Waals surface area contributed by atoms with Gasteiger partial charge in [0.25, 0.3) is 5.91 Å². The number of carbonyl (C=O) groups is 2. The highest BCUT2D eigenvalue weighted by Crippen LogP contribution is 2.22. The van der Waals surface area contributed by atoms with Gasteiger partial charge in [0.2, 0.25) is 5.91 Å². The van der Waals surface area contributed by atoms with E-state index in [-0.39, 0.29) is 17.2 Å². The number of aryl methyl sites for hydroxylation is 1. The van der Waals surface area contributed by atoms with Crippen LogP contribution >= 0.6 is 11.8 Å². The van der Waals surface area contributed by atoms with Gasteiger partial charge < -0.3 is 15.2 Å². The van der Waals surface area contributed by atoms with Crippen LogP contribution in [0, 0.1) is 12.7 Å². The molecular weight excluding hydrogens is 429 g/mol. The lowest BCUT2D eigenvalue weighted by molar-refractivity contribution is -0.113. The fraction of sp³-hybridized carbons (Fsp3) is 0.217. The molecule has 3 rings (SSSR count). The number of benzene rings is 2. The molecule has 0 aliphatic rings. The minimum Gasteiger partial charge on any atom is -0.342 e. The average molecular weight is 454 g/mol. The molecule has 0 bridgehead atoms. The number of hydrogen-bond donors (Lipinski definition) is 2. The third-order valence-corrected chi connectivity index (χ3v) is 5.63. The Labute approximate surface area is 190 Å². The van der Waals surface area contributed by atoms with Gasteiger partial charge in [0.1, 0.15) is 5.82 Å². The van der Waals surface area contributed by atoms with Gasteiger partial charge in [-0.25, -0.2) is 4.39 Å². The third kappa shape index (κ3) is 5.61. The Kier molecular flexibility index (Phi) is 7.77. The predicted molar refractivity (Wildman–Crippen MR) is 123 cm³/mol. The number of halogens is 1. The Hall–Kier alpha value is -3.46. The number of anilines is 1. The molecule has 166 valence electrons. The minimum atomic E-state index is -0.597. The van der Waals surface area contributed by atoms with Crippen molar-refractivity contribution in [1.29, 1.82) is 0 Å². The maximum Gasteiger partial charge on any atom is 0.254 e. The summed E-state index contributed by atoms with van der Waals surface area (Å²) in [5.41, 5.74) is 1.69. The van der Waals surface area contributed by atoms with E-state index in [1.807, 2.05) is 31.2 Å². The number of hydrogen-bond acceptors (Lipinski definition) is 5. The van der Waals surface area contributed by atoms with Crippen molar-refractivity contribution in [2.24, 2.45) is 0 Å². The van der Waals surface area contributed by atoms with E-state index in [1.54, 1.807) is 23.6 Å². The van der Waals surface area contributed by atoms with Crippen molar-refractivity contribution in [3.05, 3.63) is 84.0 Å². The van der Waals surface area contributed by atoms with Crippen molar-refractivity contribution in [2.75, 3.05) is 11.1 Å². The number of carbonyl (C=O) groups excluding carboxylic acids is 2. The van der Waals surface area contributed by atoms with Gasteiger partial charge in [-0.05, 0) is 37.6 Å². The van der Waals surface area contributed by atoms with Crippen LogP contribution in [0.15, 0.2) is 66.3 Å². The Balaban J connectivity index is 1.68. The predicted octanol–water partition coefficient (Wildman–Crippen LogP) is 4.13. The Morgan fingerprint density at radius 2 is 1.91 bits per heavy atom. The molecule has 2 aromatic carbocycles. The SMILES string of the molecule is C=CCn1c(SCC(=O)Nc2ccccc2C)nnc1[C@@H](C)NC(=O)c1ccccc1F. The van der Waals surface area contributed by atoms with Gasteiger partial charge in [0, 0.05) is 12.2 Å². The van der Waals surface area contributed by atoms with E-state index in [2.05, 4.69) is 27.4 Å². The maximum absolute atomic E-state index is 13.9. The molecule has 1 atom stereocenters. The molecule has 0 aliphatic carbocycles. The van der Waals surface area contributed by atoms with E-state index in [4.69, 9.17) is 0 Å². The van der Waals surface area contributed by atoms with Crippen LogP contribution in [0.4, 0.5) is 10.1 Å². The summed E-state index contributed by atoms with van der Waals surface area (Å²) in [6.45, 7) is 7.81. The molecule has 0 aliphatic heterocycles. The molecule has 2 amide bonds. The second-order valence-electron chi connectivity index (χ2n) is 7.07. The first-order valence-electron chi connectivity index (χ1n) is 9.98. The van der Waals surface area contributed by atoms with Crippen LogP contribution in [0.3, 0.4) is 0 Å². The zero-order valence-corrected chi connectivity index (χ0v) is 18.7. The number of nitrogens with one attached hydrogen (secondary N) is 2. The minimum absolute atomic E-state index is 0.0448. The van der Waals surface area contributed by atoms with Crippen LogP contribution in [0.2, 0.25) is 0 Å². The molecule has 0 fully saturated rings. The van der Waals surface area contributed by atoms with Crippen molar-refractivity contribution in [1.82, 2.24) is 20.1 Å². The largest absolute Gasteiger partial charge is 0.342 e. The zero-order valence-electron chi connectivity index (χ0n) is 17.8. The van der Waals surface area contributed by atoms with Crippen molar-refractivity contribution < 1.29 is 14.0 Å². The van der Waals surface area contributed by atoms with Crippen LogP contribution in [0.1, 0.15) is 34.7 Å². The second kappa shape index (κ2) is 10.7. The smallest absolute Gasteiger partial charge is 0.254 e. The van der Waals surface area contributed by atoms with Crippen LogP contribution in [-0.4, -0.2) is 32.3 Å². The average Bonchev–Trinajstić information content (AvgIpc) is 3.17. The molecule has 3 aromatic rings. The number of thioether (sulfide) groups is 1. The van der Waals surface area contributed by atoms with Crippen LogP contribution < -0.4 is 10.6 Å². The summed E-state index contributed by atoms with van der Waals surface area (Å²) in [5, 5.41) is 14.5. The Bertz CT molecular complexity index is 1130. The first-order valence-corrected chi connectivity index (χ1v) is 11.0. The monoisotopic (exact) mass is 453 g/mol. The lowest BCUT2D eigenvalue weighted by Gasteiger charge is -2.15. The summed E-state index contributed by atoms with van der Waals surface area (Å²) >= 11 is 1.23. The lowest BCUT2D eigenvalue weighted by Crippen LogP contribution is -2.29. The molecular formula is C23H24FN5O2S. The molecule has 0 saturated carbocycles. The number of para-hydroxylation sites is 1. The first-order chi connectivity index (χ1) is 15.4. The van der Waals surface area contributed by atoms with Crippen LogP contribution in [-0.2, 0) is 11.3 Å². The van der Waals surface area contributed by atoms with Crippen molar-refractivity contribution in [3.63, 3.8) is 0 Å². The number of rotatable bonds is 9. The maximum atomic E-state index is 13.9. The number of aromatic nitrogens is 3. The molecule has 2 N–H and O–H groups in total. The molecule has 9 heteroatoms. The zero-order chi connectivity index (χ0) is 23.1. The van der Waals surface area contributed by atoms with Crippen molar-refractivity contribution in [2.45, 2.75) is 31.6 Å². The van der Waals surface area contributed by atoms with Gasteiger partial charge in [0.15, 0.2) is 11.0 Å². The Morgan fingerprint density at radius 1 is 1.19 bits per heavy atom. The van der Waals surface area contributed by atoms with Crippen molar-refractivity contribution >= 4 is 29.3 Å². The first kappa shape index (κ1) is 23.2. The molecule has 7 nitrogen and oxygen atoms in total. The quantitative estimate of drug-likeness (QED) is 0.376. The molecule has 0 spiro atoms. The van der Waals surface area contributed by atoms with E-state index < -0.39 is 17.8 Å². The molecule has 0 saturated heterocycles.